The predicted octanol–water partition coefficient (Wildman–Crippen LogP) is 3.24. The van der Waals surface area contributed by atoms with Crippen molar-refractivity contribution in [3.05, 3.63) is 35.4 Å². The van der Waals surface area contributed by atoms with Crippen LogP contribution in [-0.2, 0) is 12.8 Å². The van der Waals surface area contributed by atoms with Crippen LogP contribution < -0.4 is 0 Å². The van der Waals surface area contributed by atoms with Crippen molar-refractivity contribution in [1.29, 1.82) is 0 Å². The van der Waals surface area contributed by atoms with E-state index in [2.05, 4.69) is 31.2 Å². The number of benzene rings is 1. The molecule has 0 unspecified atom stereocenters. The number of halogens is 2. The molecule has 0 saturated carbocycles. The number of hydrazine groups is 1. The third-order valence-corrected chi connectivity index (χ3v) is 3.62. The maximum Gasteiger partial charge on any atom is 0.0972 e. The average Bonchev–Trinajstić information content (AvgIpc) is 2.66. The molecule has 1 aromatic rings. The van der Waals surface area contributed by atoms with Gasteiger partial charge in [-0.25, -0.2) is 5.01 Å². The van der Waals surface area contributed by atoms with Crippen molar-refractivity contribution < 1.29 is 0 Å². The fourth-order valence-electron chi connectivity index (χ4n) is 2.17. The molecule has 0 aliphatic carbocycles. The van der Waals surface area contributed by atoms with E-state index in [1.807, 2.05) is 5.01 Å². The Labute approximate surface area is 119 Å². The Morgan fingerprint density at radius 3 is 2.44 bits per heavy atom. The molecule has 1 aromatic carbocycles. The van der Waals surface area contributed by atoms with Crippen LogP contribution in [0.3, 0.4) is 0 Å². The maximum atomic E-state index is 6.05. The van der Waals surface area contributed by atoms with Crippen LogP contribution in [0.2, 0.25) is 0 Å². The molecule has 0 atom stereocenters. The number of hydrogen-bond donors (Lipinski definition) is 0. The Bertz CT molecular complexity index is 386. The summed E-state index contributed by atoms with van der Waals surface area (Å²) in [5, 5.41) is 2.04. The molecule has 0 aromatic heterocycles. The highest BCUT2D eigenvalue weighted by atomic mass is 35.5. The van der Waals surface area contributed by atoms with Gasteiger partial charge in [0.25, 0.3) is 0 Å². The third-order valence-electron chi connectivity index (χ3n) is 3.08. The zero-order chi connectivity index (χ0) is 13.0. The molecule has 1 heterocycles. The second-order valence-electron chi connectivity index (χ2n) is 4.63. The van der Waals surface area contributed by atoms with Gasteiger partial charge in [0.1, 0.15) is 0 Å². The van der Waals surface area contributed by atoms with Crippen LogP contribution in [-0.4, -0.2) is 33.8 Å². The van der Waals surface area contributed by atoms with Gasteiger partial charge in [0.15, 0.2) is 0 Å². The Hall–Kier alpha value is -0.320. The molecule has 0 radical (unpaired) electrons. The minimum Gasteiger partial charge on any atom is -0.210 e. The minimum atomic E-state index is 0.568. The van der Waals surface area contributed by atoms with E-state index in [1.165, 1.54) is 17.5 Å². The Balaban J connectivity index is 1.88. The average molecular weight is 288 g/mol. The molecule has 0 bridgehead atoms. The molecular formula is C13H19Cl2N3. The second-order valence-corrected chi connectivity index (χ2v) is 5.50. The Kier molecular flexibility index (Phi) is 5.27. The molecule has 1 aliphatic rings. The summed E-state index contributed by atoms with van der Waals surface area (Å²) in [6.07, 6.45) is 3.33. The zero-order valence-electron chi connectivity index (χ0n) is 10.6. The molecule has 1 aliphatic heterocycles. The normalized spacial score (nSPS) is 18.6. The highest BCUT2D eigenvalue weighted by molar-refractivity contribution is 6.15. The Morgan fingerprint density at radius 2 is 1.83 bits per heavy atom. The third kappa shape index (κ3) is 3.84. The standard InChI is InChI=1S/C13H19Cl2N3/c1-2-4-12-5-3-6-13(9-12)7-8-17-10-16(14)11-18(17)15/h3,5-6,9H,2,4,7-8,10-11H2,1H3. The lowest BCUT2D eigenvalue weighted by Crippen LogP contribution is -2.31. The minimum absolute atomic E-state index is 0.568. The van der Waals surface area contributed by atoms with Gasteiger partial charge in [0, 0.05) is 6.54 Å². The summed E-state index contributed by atoms with van der Waals surface area (Å²) in [7, 11) is 0. The molecule has 1 fully saturated rings. The van der Waals surface area contributed by atoms with Crippen molar-refractivity contribution in [1.82, 2.24) is 14.0 Å². The summed E-state index contributed by atoms with van der Waals surface area (Å²) < 4.78 is 3.31. The zero-order valence-corrected chi connectivity index (χ0v) is 12.2. The van der Waals surface area contributed by atoms with Crippen molar-refractivity contribution in [2.75, 3.05) is 19.9 Å². The van der Waals surface area contributed by atoms with E-state index in [0.29, 0.717) is 13.3 Å². The first kappa shape index (κ1) is 14.1. The summed E-state index contributed by atoms with van der Waals surface area (Å²) in [6, 6.07) is 8.79. The quantitative estimate of drug-likeness (QED) is 0.770. The molecule has 1 saturated heterocycles. The Morgan fingerprint density at radius 1 is 1.11 bits per heavy atom. The van der Waals surface area contributed by atoms with E-state index in [9.17, 15) is 0 Å². The van der Waals surface area contributed by atoms with Crippen molar-refractivity contribution in [3.8, 4) is 0 Å². The van der Waals surface area contributed by atoms with Gasteiger partial charge in [-0.2, -0.15) is 4.42 Å². The van der Waals surface area contributed by atoms with Crippen LogP contribution in [0.5, 0.6) is 0 Å². The maximum absolute atomic E-state index is 6.05. The van der Waals surface area contributed by atoms with Gasteiger partial charge in [-0.15, -0.1) is 4.53 Å². The topological polar surface area (TPSA) is 9.72 Å². The fraction of sp³-hybridized carbons (Fsp3) is 0.538. The highest BCUT2D eigenvalue weighted by Crippen LogP contribution is 2.17. The van der Waals surface area contributed by atoms with E-state index >= 15 is 0 Å². The van der Waals surface area contributed by atoms with Crippen LogP contribution in [0.4, 0.5) is 0 Å². The van der Waals surface area contributed by atoms with Gasteiger partial charge in [0.05, 0.1) is 13.3 Å². The van der Waals surface area contributed by atoms with Crippen molar-refractivity contribution >= 4 is 23.6 Å². The number of nitrogens with zero attached hydrogens (tertiary/aromatic N) is 3. The predicted molar refractivity (Wildman–Crippen MR) is 76.0 cm³/mol. The van der Waals surface area contributed by atoms with Gasteiger partial charge in [-0.05, 0) is 47.5 Å². The molecule has 3 nitrogen and oxygen atoms in total. The molecule has 100 valence electrons. The summed E-state index contributed by atoms with van der Waals surface area (Å²) in [4.78, 5) is 0. The SMILES string of the molecule is CCCc1cccc(CCN2CN(Cl)CN2Cl)c1. The van der Waals surface area contributed by atoms with E-state index in [0.717, 1.165) is 19.4 Å². The van der Waals surface area contributed by atoms with Gasteiger partial charge in [0.2, 0.25) is 0 Å². The summed E-state index contributed by atoms with van der Waals surface area (Å²) >= 11 is 12.0. The fourth-order valence-corrected chi connectivity index (χ4v) is 2.71. The van der Waals surface area contributed by atoms with E-state index in [1.54, 1.807) is 8.95 Å². The summed E-state index contributed by atoms with van der Waals surface area (Å²) in [6.45, 7) is 4.35. The number of rotatable bonds is 5. The lowest BCUT2D eigenvalue weighted by Gasteiger charge is -2.19. The van der Waals surface area contributed by atoms with Gasteiger partial charge in [-0.3, -0.25) is 0 Å². The molecule has 2 rings (SSSR count). The van der Waals surface area contributed by atoms with Gasteiger partial charge < -0.3 is 0 Å². The number of aryl methyl sites for hydroxylation is 1. The second kappa shape index (κ2) is 6.73. The largest absolute Gasteiger partial charge is 0.210 e. The smallest absolute Gasteiger partial charge is 0.0972 e. The molecule has 0 N–H and O–H groups in total. The van der Waals surface area contributed by atoms with Gasteiger partial charge in [-0.1, -0.05) is 37.6 Å². The molecule has 5 heteroatoms. The summed E-state index contributed by atoms with van der Waals surface area (Å²) in [5.41, 5.74) is 2.78. The first-order valence-corrected chi connectivity index (χ1v) is 7.03. The van der Waals surface area contributed by atoms with Gasteiger partial charge >= 0.3 is 0 Å². The molecular weight excluding hydrogens is 269 g/mol. The molecule has 0 amide bonds. The van der Waals surface area contributed by atoms with E-state index in [-0.39, 0.29) is 0 Å². The first-order valence-electron chi connectivity index (χ1n) is 6.35. The monoisotopic (exact) mass is 287 g/mol. The number of hydrogen-bond acceptors (Lipinski definition) is 3. The van der Waals surface area contributed by atoms with Crippen molar-refractivity contribution in [2.24, 2.45) is 0 Å². The van der Waals surface area contributed by atoms with Crippen LogP contribution in [0.25, 0.3) is 0 Å². The molecule has 0 spiro atoms. The van der Waals surface area contributed by atoms with Crippen LogP contribution in [0.1, 0.15) is 24.5 Å². The van der Waals surface area contributed by atoms with Crippen molar-refractivity contribution in [2.45, 2.75) is 26.2 Å². The first-order chi connectivity index (χ1) is 8.69. The van der Waals surface area contributed by atoms with Crippen LogP contribution in [0.15, 0.2) is 24.3 Å². The van der Waals surface area contributed by atoms with Crippen molar-refractivity contribution in [3.63, 3.8) is 0 Å². The van der Waals surface area contributed by atoms with E-state index in [4.69, 9.17) is 23.6 Å². The van der Waals surface area contributed by atoms with Crippen LogP contribution in [0, 0.1) is 0 Å². The molecule has 18 heavy (non-hydrogen) atoms. The highest BCUT2D eigenvalue weighted by Gasteiger charge is 2.25. The van der Waals surface area contributed by atoms with Crippen LogP contribution >= 0.6 is 23.6 Å². The lowest BCUT2D eigenvalue weighted by atomic mass is 10.1. The lowest BCUT2D eigenvalue weighted by molar-refractivity contribution is 0.125. The van der Waals surface area contributed by atoms with E-state index < -0.39 is 0 Å². The summed E-state index contributed by atoms with van der Waals surface area (Å²) in [5.74, 6) is 0.